The van der Waals surface area contributed by atoms with Crippen molar-refractivity contribution in [1.29, 1.82) is 0 Å². The zero-order chi connectivity index (χ0) is 25.8. The Hall–Kier alpha value is -1.16. The van der Waals surface area contributed by atoms with Crippen molar-refractivity contribution in [2.45, 2.75) is 117 Å². The van der Waals surface area contributed by atoms with Gasteiger partial charge >= 0.3 is 5.97 Å². The average molecular weight is 487 g/mol. The minimum Gasteiger partial charge on any atom is -0.462 e. The van der Waals surface area contributed by atoms with Crippen molar-refractivity contribution in [2.24, 2.45) is 52.3 Å². The molecule has 4 aliphatic carbocycles. The van der Waals surface area contributed by atoms with Gasteiger partial charge in [-0.25, -0.2) is 0 Å². The van der Waals surface area contributed by atoms with Gasteiger partial charge in [0.2, 0.25) is 0 Å². The summed E-state index contributed by atoms with van der Waals surface area (Å²) in [6.07, 6.45) is 11.0. The predicted molar refractivity (Wildman–Crippen MR) is 140 cm³/mol. The Morgan fingerprint density at radius 3 is 2.49 bits per heavy atom. The summed E-state index contributed by atoms with van der Waals surface area (Å²) in [5.41, 5.74) is 0.264. The van der Waals surface area contributed by atoms with Gasteiger partial charge in [-0.1, -0.05) is 46.8 Å². The molecule has 0 spiro atoms. The summed E-state index contributed by atoms with van der Waals surface area (Å²) in [6.45, 7) is 17.5. The number of aldehydes is 1. The quantitative estimate of drug-likeness (QED) is 0.234. The monoisotopic (exact) mass is 486 g/mol. The Bertz CT molecular complexity index is 836. The summed E-state index contributed by atoms with van der Waals surface area (Å²) in [5, 5.41) is 12.2. The number of carbonyl (C=O) groups excluding carboxylic acids is 2. The van der Waals surface area contributed by atoms with Gasteiger partial charge in [0.05, 0.1) is 5.60 Å². The summed E-state index contributed by atoms with van der Waals surface area (Å²) in [4.78, 5) is 24.3. The fourth-order valence-electron chi connectivity index (χ4n) is 9.80. The van der Waals surface area contributed by atoms with Gasteiger partial charge in [0.15, 0.2) is 0 Å². The Morgan fingerprint density at radius 1 is 1.14 bits per heavy atom. The van der Waals surface area contributed by atoms with E-state index in [1.807, 2.05) is 0 Å². The highest BCUT2D eigenvalue weighted by molar-refractivity contribution is 5.66. The molecule has 4 saturated carbocycles. The number of aliphatic hydroxyl groups is 1. The second-order valence-corrected chi connectivity index (χ2v) is 13.5. The molecule has 4 aliphatic rings. The van der Waals surface area contributed by atoms with Crippen LogP contribution in [0.1, 0.15) is 106 Å². The minimum atomic E-state index is -1.08. The molecule has 0 unspecified atom stereocenters. The molecule has 0 saturated heterocycles. The van der Waals surface area contributed by atoms with Gasteiger partial charge in [-0.2, -0.15) is 0 Å². The molecule has 0 aromatic rings. The maximum absolute atomic E-state index is 12.7. The van der Waals surface area contributed by atoms with E-state index >= 15 is 0 Å². The lowest BCUT2D eigenvalue weighted by Crippen LogP contribution is -2.55. The van der Waals surface area contributed by atoms with Crippen molar-refractivity contribution >= 4 is 12.3 Å². The third-order valence-electron chi connectivity index (χ3n) is 12.1. The van der Waals surface area contributed by atoms with Crippen LogP contribution >= 0.6 is 0 Å². The molecule has 0 aliphatic heterocycles. The van der Waals surface area contributed by atoms with Crippen LogP contribution in [0.15, 0.2) is 12.2 Å². The third-order valence-corrected chi connectivity index (χ3v) is 12.1. The van der Waals surface area contributed by atoms with E-state index in [2.05, 4.69) is 41.2 Å². The largest absolute Gasteiger partial charge is 0.462 e. The summed E-state index contributed by atoms with van der Waals surface area (Å²) >= 11 is 0. The second-order valence-electron chi connectivity index (χ2n) is 13.5. The molecule has 0 bridgehead atoms. The molecule has 4 heteroatoms. The topological polar surface area (TPSA) is 63.6 Å². The number of esters is 1. The first-order valence-electron chi connectivity index (χ1n) is 14.5. The molecule has 4 nitrogen and oxygen atoms in total. The Morgan fingerprint density at radius 2 is 1.86 bits per heavy atom. The van der Waals surface area contributed by atoms with Gasteiger partial charge in [0, 0.05) is 24.7 Å². The van der Waals surface area contributed by atoms with Crippen LogP contribution in [0.5, 0.6) is 0 Å². The average Bonchev–Trinajstić information content (AvgIpc) is 3.25. The van der Waals surface area contributed by atoms with Gasteiger partial charge in [-0.15, -0.1) is 0 Å². The number of fused-ring (bicyclic) bond motifs is 5. The van der Waals surface area contributed by atoms with E-state index in [0.29, 0.717) is 36.0 Å². The van der Waals surface area contributed by atoms with Gasteiger partial charge in [-0.05, 0) is 98.7 Å². The highest BCUT2D eigenvalue weighted by Crippen LogP contribution is 2.73. The van der Waals surface area contributed by atoms with Crippen molar-refractivity contribution in [1.82, 2.24) is 0 Å². The van der Waals surface area contributed by atoms with Crippen molar-refractivity contribution in [2.75, 3.05) is 0 Å². The number of hydrogen-bond donors (Lipinski definition) is 1. The first kappa shape index (κ1) is 26.9. The summed E-state index contributed by atoms with van der Waals surface area (Å²) < 4.78 is 5.56. The molecule has 4 fully saturated rings. The fraction of sp³-hybridized carbons (Fsp3) is 0.871. The van der Waals surface area contributed by atoms with Crippen molar-refractivity contribution in [3.63, 3.8) is 0 Å². The van der Waals surface area contributed by atoms with Gasteiger partial charge < -0.3 is 14.6 Å². The summed E-state index contributed by atoms with van der Waals surface area (Å²) in [6, 6.07) is 0. The van der Waals surface area contributed by atoms with E-state index in [4.69, 9.17) is 4.74 Å². The second kappa shape index (κ2) is 9.62. The molecule has 0 amide bonds. The van der Waals surface area contributed by atoms with Gasteiger partial charge in [0.1, 0.15) is 12.4 Å². The number of allylic oxidation sites excluding steroid dienone is 1. The molecule has 0 heterocycles. The zero-order valence-corrected chi connectivity index (χ0v) is 23.1. The maximum Gasteiger partial charge on any atom is 0.302 e. The van der Waals surface area contributed by atoms with E-state index in [0.717, 1.165) is 38.4 Å². The van der Waals surface area contributed by atoms with Crippen molar-refractivity contribution in [3.8, 4) is 0 Å². The lowest BCUT2D eigenvalue weighted by Gasteiger charge is -2.52. The molecular formula is C31H50O4. The Labute approximate surface area is 213 Å². The van der Waals surface area contributed by atoms with Crippen LogP contribution in [0.2, 0.25) is 0 Å². The molecule has 35 heavy (non-hydrogen) atoms. The lowest BCUT2D eigenvalue weighted by molar-refractivity contribution is -0.174. The molecular weight excluding hydrogens is 436 g/mol. The normalized spacial score (nSPS) is 46.1. The first-order chi connectivity index (χ1) is 16.4. The number of hydrogen-bond acceptors (Lipinski definition) is 4. The highest BCUT2D eigenvalue weighted by Gasteiger charge is 2.72. The maximum atomic E-state index is 12.7. The Kier molecular flexibility index (Phi) is 7.39. The molecule has 198 valence electrons. The van der Waals surface area contributed by atoms with Crippen LogP contribution in [-0.2, 0) is 14.3 Å². The molecule has 0 aromatic carbocycles. The Balaban J connectivity index is 1.56. The number of rotatable bonds is 8. The standard InChI is InChI=1S/C31H50O4/c1-8-19(2)20(3)9-10-21(4)24-11-12-25-28-26(14-15-29(24,25)6)30(7)16-13-23(35-22(5)33)17-31(30,34)27(28)18-32/h18-19,21,23-28,34H,3,8-17H2,1-2,4-7H3/t19-,21+,23-,24+,25-,26-,27+,28-,29+,30+,31+/m0/s1. The van der Waals surface area contributed by atoms with Crippen LogP contribution in [-0.4, -0.2) is 29.1 Å². The van der Waals surface area contributed by atoms with E-state index in [1.165, 1.54) is 38.2 Å². The van der Waals surface area contributed by atoms with Crippen molar-refractivity contribution in [3.05, 3.63) is 12.2 Å². The van der Waals surface area contributed by atoms with Gasteiger partial charge in [-0.3, -0.25) is 4.79 Å². The zero-order valence-electron chi connectivity index (χ0n) is 23.1. The molecule has 0 aromatic heterocycles. The number of ether oxygens (including phenoxy) is 1. The van der Waals surface area contributed by atoms with E-state index in [9.17, 15) is 14.7 Å². The highest BCUT2D eigenvalue weighted by atomic mass is 16.5. The van der Waals surface area contributed by atoms with Crippen LogP contribution in [0.25, 0.3) is 0 Å². The molecule has 0 radical (unpaired) electrons. The molecule has 1 N–H and O–H groups in total. The van der Waals surface area contributed by atoms with Crippen LogP contribution in [0, 0.1) is 52.3 Å². The van der Waals surface area contributed by atoms with E-state index in [1.54, 1.807) is 0 Å². The summed E-state index contributed by atoms with van der Waals surface area (Å²) in [7, 11) is 0. The molecule has 4 rings (SSSR count). The lowest BCUT2D eigenvalue weighted by atomic mass is 9.53. The van der Waals surface area contributed by atoms with Crippen LogP contribution in [0.3, 0.4) is 0 Å². The minimum absolute atomic E-state index is 0.231. The third kappa shape index (κ3) is 4.14. The number of carbonyl (C=O) groups is 2. The van der Waals surface area contributed by atoms with Gasteiger partial charge in [0.25, 0.3) is 0 Å². The van der Waals surface area contributed by atoms with Crippen LogP contribution < -0.4 is 0 Å². The SMILES string of the molecule is C=C(CC[C@@H](C)[C@H]1CC[C@H]2[C@@H]3[C@@H](C=O)[C@]4(O)C[C@@H](OC(C)=O)CC[C@]4(C)[C@H]3CC[C@]12C)[C@@H](C)CC. The van der Waals surface area contributed by atoms with Crippen molar-refractivity contribution < 1.29 is 19.4 Å². The predicted octanol–water partition coefficient (Wildman–Crippen LogP) is 6.75. The van der Waals surface area contributed by atoms with Crippen LogP contribution in [0.4, 0.5) is 0 Å². The van der Waals surface area contributed by atoms with E-state index < -0.39 is 5.60 Å². The molecule has 11 atom stereocenters. The summed E-state index contributed by atoms with van der Waals surface area (Å²) in [5.74, 6) is 2.36. The fourth-order valence-corrected chi connectivity index (χ4v) is 9.80. The first-order valence-corrected chi connectivity index (χ1v) is 14.5. The smallest absolute Gasteiger partial charge is 0.302 e. The van der Waals surface area contributed by atoms with E-state index in [-0.39, 0.29) is 34.7 Å².